The minimum absolute atomic E-state index is 0.671. The summed E-state index contributed by atoms with van der Waals surface area (Å²) in [4.78, 5) is 11.1. The van der Waals surface area contributed by atoms with E-state index in [1.54, 1.807) is 0 Å². The summed E-state index contributed by atoms with van der Waals surface area (Å²) in [7, 11) is 0. The second-order valence-electron chi connectivity index (χ2n) is 20.5. The molecule has 0 amide bonds. The van der Waals surface area contributed by atoms with Crippen LogP contribution in [0.3, 0.4) is 0 Å². The monoisotopic (exact) mass is 992 g/mol. The average Bonchev–Trinajstić information content (AvgIpc) is 4.34. The van der Waals surface area contributed by atoms with Gasteiger partial charge in [0.25, 0.3) is 0 Å². The summed E-state index contributed by atoms with van der Waals surface area (Å²) in [5.74, 6) is 0.671. The van der Waals surface area contributed by atoms with Gasteiger partial charge >= 0.3 is 0 Å². The van der Waals surface area contributed by atoms with Gasteiger partial charge < -0.3 is 18.3 Å². The van der Waals surface area contributed by atoms with Crippen LogP contribution in [-0.4, -0.2) is 28.2 Å². The zero-order chi connectivity index (χ0) is 51.0. The molecule has 17 rings (SSSR count). The van der Waals surface area contributed by atoms with Crippen LogP contribution in [0, 0.1) is 0 Å². The van der Waals surface area contributed by atoms with Gasteiger partial charge in [0.1, 0.15) is 0 Å². The second kappa shape index (κ2) is 16.5. The van der Waals surface area contributed by atoms with E-state index in [2.05, 4.69) is 285 Å². The second-order valence-corrected chi connectivity index (χ2v) is 20.5. The summed E-state index contributed by atoms with van der Waals surface area (Å²) in [6.07, 6.45) is 0. The van der Waals surface area contributed by atoms with Crippen LogP contribution in [0.25, 0.3) is 154 Å². The molecule has 0 spiro atoms. The molecular formula is C72H44N6. The minimum atomic E-state index is 0.671. The summed E-state index contributed by atoms with van der Waals surface area (Å²) in [5, 5.41) is 13.0. The molecule has 17 aromatic rings. The Morgan fingerprint density at radius 3 is 1.04 bits per heavy atom. The highest BCUT2D eigenvalue weighted by molar-refractivity contribution is 6.15. The number of benzene rings is 12. The largest absolute Gasteiger partial charge is 0.309 e. The van der Waals surface area contributed by atoms with Crippen molar-refractivity contribution in [1.29, 1.82) is 0 Å². The predicted molar refractivity (Wildman–Crippen MR) is 325 cm³/mol. The quantitative estimate of drug-likeness (QED) is 0.156. The molecular weight excluding hydrogens is 949 g/mol. The van der Waals surface area contributed by atoms with Crippen molar-refractivity contribution in [2.45, 2.75) is 0 Å². The molecule has 0 aliphatic rings. The fourth-order valence-corrected chi connectivity index (χ4v) is 12.9. The number of nitrogens with zero attached hydrogens (tertiary/aromatic N) is 6. The van der Waals surface area contributed by atoms with Crippen molar-refractivity contribution in [2.75, 3.05) is 0 Å². The first kappa shape index (κ1) is 42.8. The average molecular weight is 993 g/mol. The summed E-state index contributed by atoms with van der Waals surface area (Å²) in [6, 6.07) is 96.8. The normalized spacial score (nSPS) is 12.1. The maximum absolute atomic E-state index is 5.59. The maximum atomic E-state index is 5.59. The third-order valence-electron chi connectivity index (χ3n) is 16.3. The summed E-state index contributed by atoms with van der Waals surface area (Å²) in [6.45, 7) is 0. The zero-order valence-electron chi connectivity index (χ0n) is 42.1. The van der Waals surface area contributed by atoms with Gasteiger partial charge in [0.2, 0.25) is 0 Å². The van der Waals surface area contributed by atoms with Gasteiger partial charge in [0.05, 0.1) is 55.3 Å². The third kappa shape index (κ3) is 6.19. The molecule has 78 heavy (non-hydrogen) atoms. The molecule has 0 atom stereocenters. The number of fused-ring (bicyclic) bond motifs is 15. The van der Waals surface area contributed by atoms with Crippen molar-refractivity contribution in [3.05, 3.63) is 267 Å². The SMILES string of the molecule is c1cc(-c2nc(-c3cccc(-n4c5ccccc5c5cc(-n6c7ccccc7c7ccccc76)ccc54)c3)c3ccc4ccccc4c3n2)cc(-n2c3ccccc3c3cc(-n4c5ccccc5c5ccccc54)ccc32)c1. The highest BCUT2D eigenvalue weighted by Gasteiger charge is 2.21. The molecule has 0 saturated heterocycles. The molecule has 12 aromatic carbocycles. The highest BCUT2D eigenvalue weighted by atomic mass is 15.0. The molecule has 5 aromatic heterocycles. The van der Waals surface area contributed by atoms with Crippen LogP contribution >= 0.6 is 0 Å². The molecule has 6 heteroatoms. The molecule has 0 bridgehead atoms. The van der Waals surface area contributed by atoms with Crippen LogP contribution in [0.2, 0.25) is 0 Å². The van der Waals surface area contributed by atoms with Crippen LogP contribution < -0.4 is 0 Å². The number of hydrogen-bond acceptors (Lipinski definition) is 2. The van der Waals surface area contributed by atoms with E-state index in [1.807, 2.05) is 0 Å². The van der Waals surface area contributed by atoms with E-state index in [0.717, 1.165) is 83.3 Å². The van der Waals surface area contributed by atoms with Crippen molar-refractivity contribution >= 4 is 109 Å². The molecule has 362 valence electrons. The number of rotatable bonds is 6. The van der Waals surface area contributed by atoms with Gasteiger partial charge in [-0.05, 0) is 109 Å². The van der Waals surface area contributed by atoms with Crippen LogP contribution in [0.4, 0.5) is 0 Å². The van der Waals surface area contributed by atoms with Gasteiger partial charge in [-0.15, -0.1) is 0 Å². The van der Waals surface area contributed by atoms with Gasteiger partial charge in [-0.3, -0.25) is 0 Å². The molecule has 6 nitrogen and oxygen atoms in total. The molecule has 0 radical (unpaired) electrons. The summed E-state index contributed by atoms with van der Waals surface area (Å²) < 4.78 is 9.60. The lowest BCUT2D eigenvalue weighted by Gasteiger charge is -2.15. The zero-order valence-corrected chi connectivity index (χ0v) is 42.1. The molecule has 0 aliphatic heterocycles. The molecule has 5 heterocycles. The number of hydrogen-bond donors (Lipinski definition) is 0. The molecule has 0 N–H and O–H groups in total. The van der Waals surface area contributed by atoms with Crippen molar-refractivity contribution < 1.29 is 0 Å². The van der Waals surface area contributed by atoms with E-state index in [-0.39, 0.29) is 0 Å². The molecule has 0 aliphatic carbocycles. The van der Waals surface area contributed by atoms with Crippen LogP contribution in [-0.2, 0) is 0 Å². The van der Waals surface area contributed by atoms with E-state index in [9.17, 15) is 0 Å². The molecule has 0 unspecified atom stereocenters. The van der Waals surface area contributed by atoms with Gasteiger partial charge in [-0.1, -0.05) is 164 Å². The standard InChI is InChI=1S/C72H44N6/c1-2-22-52-45(17-1)35-38-59-70(46-18-15-20-48(41-46)75-66-33-13-7-27-57(66)60-43-50(36-39-68(60)75)77-62-29-9-3-23-53(62)54-24-4-10-30-63(54)77)73-72(74-71(52)59)47-19-16-21-49(42-47)76-67-34-14-8-28-58(67)61-44-51(37-40-69(61)76)78-64-31-11-5-25-55(64)56-26-6-12-32-65(56)78/h1-44H. The number of para-hydroxylation sites is 6. The fraction of sp³-hybridized carbons (Fsp3) is 0. The van der Waals surface area contributed by atoms with E-state index in [4.69, 9.17) is 9.97 Å². The lowest BCUT2D eigenvalue weighted by molar-refractivity contribution is 1.16. The highest BCUT2D eigenvalue weighted by Crippen LogP contribution is 2.41. The molecule has 0 saturated carbocycles. The topological polar surface area (TPSA) is 45.5 Å². The van der Waals surface area contributed by atoms with Crippen LogP contribution in [0.1, 0.15) is 0 Å². The van der Waals surface area contributed by atoms with E-state index >= 15 is 0 Å². The lowest BCUT2D eigenvalue weighted by atomic mass is 10.0. The first-order chi connectivity index (χ1) is 38.7. The van der Waals surface area contributed by atoms with Crippen molar-refractivity contribution in [3.63, 3.8) is 0 Å². The Hall–Kier alpha value is -10.6. The first-order valence-corrected chi connectivity index (χ1v) is 26.6. The van der Waals surface area contributed by atoms with Gasteiger partial charge in [0, 0.05) is 87.7 Å². The van der Waals surface area contributed by atoms with Gasteiger partial charge in [-0.25, -0.2) is 9.97 Å². The maximum Gasteiger partial charge on any atom is 0.160 e. The van der Waals surface area contributed by atoms with E-state index < -0.39 is 0 Å². The smallest absolute Gasteiger partial charge is 0.160 e. The van der Waals surface area contributed by atoms with E-state index in [0.29, 0.717) is 5.82 Å². The van der Waals surface area contributed by atoms with Crippen LogP contribution in [0.5, 0.6) is 0 Å². The van der Waals surface area contributed by atoms with Crippen molar-refractivity contribution in [2.24, 2.45) is 0 Å². The Bertz CT molecular complexity index is 5250. The van der Waals surface area contributed by atoms with Gasteiger partial charge in [0.15, 0.2) is 5.82 Å². The molecule has 0 fully saturated rings. The predicted octanol–water partition coefficient (Wildman–Crippen LogP) is 18.5. The third-order valence-corrected chi connectivity index (χ3v) is 16.3. The number of aromatic nitrogens is 6. The Balaban J connectivity index is 0.823. The Morgan fingerprint density at radius 1 is 0.218 bits per heavy atom. The fourth-order valence-electron chi connectivity index (χ4n) is 12.9. The minimum Gasteiger partial charge on any atom is -0.309 e. The Labute approximate surface area is 447 Å². The Kier molecular flexibility index (Phi) is 9.03. The van der Waals surface area contributed by atoms with Crippen molar-refractivity contribution in [3.8, 4) is 45.4 Å². The van der Waals surface area contributed by atoms with Crippen LogP contribution in [0.15, 0.2) is 267 Å². The Morgan fingerprint density at radius 2 is 0.577 bits per heavy atom. The summed E-state index contributed by atoms with van der Waals surface area (Å²) >= 11 is 0. The first-order valence-electron chi connectivity index (χ1n) is 26.6. The summed E-state index contributed by atoms with van der Waals surface area (Å²) in [5.41, 5.74) is 17.5. The van der Waals surface area contributed by atoms with E-state index in [1.165, 1.54) is 65.2 Å². The van der Waals surface area contributed by atoms with Crippen molar-refractivity contribution in [1.82, 2.24) is 28.2 Å². The lowest BCUT2D eigenvalue weighted by Crippen LogP contribution is -1.99. The van der Waals surface area contributed by atoms with Gasteiger partial charge in [-0.2, -0.15) is 0 Å².